The predicted molar refractivity (Wildman–Crippen MR) is 52.3 cm³/mol. The maximum Gasteiger partial charge on any atom is 0.323 e. The Balaban J connectivity index is 4.17. The quantitative estimate of drug-likeness (QED) is 0.542. The van der Waals surface area contributed by atoms with Crippen LogP contribution in [0.2, 0.25) is 0 Å². The number of nitrogens with one attached hydrogen (secondary N) is 1. The second-order valence-corrected chi connectivity index (χ2v) is 5.02. The molecule has 14 heavy (non-hydrogen) atoms. The smallest absolute Gasteiger partial charge is 0.323 e. The minimum atomic E-state index is -3.54. The van der Waals surface area contributed by atoms with E-state index in [0.717, 1.165) is 0 Å². The Morgan fingerprint density at radius 1 is 1.57 bits per heavy atom. The standard InChI is InChI=1S/C7H16N2O4S/c1-3-7(2,6(10)11)9-4-5-14(8,12)13/h9H,3-5H2,1-2H3,(H,10,11)(H2,8,12,13). The van der Waals surface area contributed by atoms with Gasteiger partial charge in [-0.25, -0.2) is 13.6 Å². The lowest BCUT2D eigenvalue weighted by atomic mass is 10.00. The summed E-state index contributed by atoms with van der Waals surface area (Å²) in [7, 11) is -3.54. The maximum atomic E-state index is 10.8. The predicted octanol–water partition coefficient (Wildman–Crippen LogP) is -0.882. The highest BCUT2D eigenvalue weighted by Crippen LogP contribution is 2.08. The molecule has 0 fully saturated rings. The van der Waals surface area contributed by atoms with Gasteiger partial charge in [0.15, 0.2) is 0 Å². The molecule has 0 rings (SSSR count). The molecule has 0 aromatic carbocycles. The normalized spacial score (nSPS) is 16.2. The summed E-state index contributed by atoms with van der Waals surface area (Å²) < 4.78 is 21.1. The van der Waals surface area contributed by atoms with Crippen LogP contribution in [0.1, 0.15) is 20.3 Å². The Morgan fingerprint density at radius 3 is 2.36 bits per heavy atom. The molecule has 0 bridgehead atoms. The van der Waals surface area contributed by atoms with Crippen molar-refractivity contribution in [3.8, 4) is 0 Å². The number of carboxylic acids is 1. The van der Waals surface area contributed by atoms with Crippen LogP contribution in [0.3, 0.4) is 0 Å². The molecule has 0 saturated carbocycles. The molecule has 4 N–H and O–H groups in total. The summed E-state index contributed by atoms with van der Waals surface area (Å²) in [5.41, 5.74) is -1.09. The van der Waals surface area contributed by atoms with Gasteiger partial charge in [-0.3, -0.25) is 4.79 Å². The van der Waals surface area contributed by atoms with Crippen LogP contribution in [0, 0.1) is 0 Å². The van der Waals surface area contributed by atoms with Crippen LogP contribution < -0.4 is 10.5 Å². The number of nitrogens with two attached hydrogens (primary N) is 1. The number of carboxylic acid groups (broad SMARTS) is 1. The Kier molecular flexibility index (Phi) is 4.50. The van der Waals surface area contributed by atoms with Crippen molar-refractivity contribution >= 4 is 16.0 Å². The zero-order chi connectivity index (χ0) is 11.4. The largest absolute Gasteiger partial charge is 0.480 e. The molecule has 0 radical (unpaired) electrons. The Labute approximate surface area is 83.5 Å². The minimum Gasteiger partial charge on any atom is -0.480 e. The molecule has 84 valence electrons. The summed E-state index contributed by atoms with van der Waals surface area (Å²) in [5, 5.41) is 16.2. The molecule has 0 aliphatic rings. The van der Waals surface area contributed by atoms with E-state index in [-0.39, 0.29) is 12.3 Å². The number of carbonyl (C=O) groups is 1. The summed E-state index contributed by atoms with van der Waals surface area (Å²) in [5.74, 6) is -1.27. The summed E-state index contributed by atoms with van der Waals surface area (Å²) in [6.45, 7) is 3.24. The molecule has 7 heteroatoms. The van der Waals surface area contributed by atoms with Crippen molar-refractivity contribution in [2.24, 2.45) is 5.14 Å². The summed E-state index contributed by atoms with van der Waals surface area (Å²) in [4.78, 5) is 10.8. The number of aliphatic carboxylic acids is 1. The van der Waals surface area contributed by atoms with Gasteiger partial charge in [0.25, 0.3) is 0 Å². The average Bonchev–Trinajstić information content (AvgIpc) is 2.01. The Morgan fingerprint density at radius 2 is 2.07 bits per heavy atom. The van der Waals surface area contributed by atoms with Gasteiger partial charge in [-0.1, -0.05) is 6.92 Å². The van der Waals surface area contributed by atoms with Crippen LogP contribution in [0.15, 0.2) is 0 Å². The molecule has 0 saturated heterocycles. The molecule has 6 nitrogen and oxygen atoms in total. The topological polar surface area (TPSA) is 109 Å². The Hall–Kier alpha value is -0.660. The van der Waals surface area contributed by atoms with Gasteiger partial charge in [-0.05, 0) is 13.3 Å². The number of hydrogen-bond donors (Lipinski definition) is 3. The lowest BCUT2D eigenvalue weighted by Gasteiger charge is -2.24. The molecule has 0 heterocycles. The van der Waals surface area contributed by atoms with Crippen molar-refractivity contribution in [3.05, 3.63) is 0 Å². The third-order valence-electron chi connectivity index (χ3n) is 2.08. The fourth-order valence-corrected chi connectivity index (χ4v) is 1.21. The van der Waals surface area contributed by atoms with Crippen molar-refractivity contribution in [1.29, 1.82) is 0 Å². The van der Waals surface area contributed by atoms with Gasteiger partial charge in [-0.2, -0.15) is 0 Å². The minimum absolute atomic E-state index is 0.0372. The van der Waals surface area contributed by atoms with Crippen molar-refractivity contribution < 1.29 is 18.3 Å². The van der Waals surface area contributed by atoms with E-state index in [1.54, 1.807) is 6.92 Å². The van der Waals surface area contributed by atoms with Crippen LogP contribution >= 0.6 is 0 Å². The number of sulfonamides is 1. The van der Waals surface area contributed by atoms with Crippen molar-refractivity contribution in [2.45, 2.75) is 25.8 Å². The number of rotatable bonds is 6. The zero-order valence-electron chi connectivity index (χ0n) is 8.28. The van der Waals surface area contributed by atoms with E-state index in [9.17, 15) is 13.2 Å². The van der Waals surface area contributed by atoms with Crippen molar-refractivity contribution in [1.82, 2.24) is 5.32 Å². The molecular formula is C7H16N2O4S. The first-order valence-corrected chi connectivity index (χ1v) is 5.92. The molecule has 1 atom stereocenters. The van der Waals surface area contributed by atoms with Crippen LogP contribution in [-0.4, -0.2) is 37.3 Å². The molecule has 0 amide bonds. The van der Waals surface area contributed by atoms with Gasteiger partial charge in [0, 0.05) is 6.54 Å². The van der Waals surface area contributed by atoms with E-state index in [1.165, 1.54) is 6.92 Å². The summed E-state index contributed by atoms with van der Waals surface area (Å²) in [6.07, 6.45) is 0.368. The van der Waals surface area contributed by atoms with Crippen molar-refractivity contribution in [2.75, 3.05) is 12.3 Å². The molecule has 0 aliphatic heterocycles. The average molecular weight is 224 g/mol. The highest BCUT2D eigenvalue weighted by atomic mass is 32.2. The van der Waals surface area contributed by atoms with E-state index in [2.05, 4.69) is 5.32 Å². The summed E-state index contributed by atoms with van der Waals surface area (Å²) in [6, 6.07) is 0. The van der Waals surface area contributed by atoms with Gasteiger partial charge in [0.1, 0.15) is 5.54 Å². The SMILES string of the molecule is CCC(C)(NCCS(N)(=O)=O)C(=O)O. The van der Waals surface area contributed by atoms with E-state index >= 15 is 0 Å². The first kappa shape index (κ1) is 13.3. The highest BCUT2D eigenvalue weighted by Gasteiger charge is 2.30. The van der Waals surface area contributed by atoms with Gasteiger partial charge < -0.3 is 10.4 Å². The molecular weight excluding hydrogens is 208 g/mol. The molecule has 1 unspecified atom stereocenters. The van der Waals surface area contributed by atoms with Gasteiger partial charge in [0.05, 0.1) is 5.75 Å². The van der Waals surface area contributed by atoms with Gasteiger partial charge in [-0.15, -0.1) is 0 Å². The van der Waals surface area contributed by atoms with Crippen LogP contribution in [0.25, 0.3) is 0 Å². The molecule has 0 aromatic heterocycles. The molecule has 0 spiro atoms. The van der Waals surface area contributed by atoms with Gasteiger partial charge in [0.2, 0.25) is 10.0 Å². The lowest BCUT2D eigenvalue weighted by molar-refractivity contribution is -0.144. The van der Waals surface area contributed by atoms with E-state index in [0.29, 0.717) is 6.42 Å². The number of primary sulfonamides is 1. The highest BCUT2D eigenvalue weighted by molar-refractivity contribution is 7.89. The van der Waals surface area contributed by atoms with Crippen LogP contribution in [-0.2, 0) is 14.8 Å². The second kappa shape index (κ2) is 4.72. The molecule has 0 aliphatic carbocycles. The van der Waals surface area contributed by atoms with Crippen LogP contribution in [0.5, 0.6) is 0 Å². The van der Waals surface area contributed by atoms with E-state index in [1.807, 2.05) is 0 Å². The molecule has 0 aromatic rings. The lowest BCUT2D eigenvalue weighted by Crippen LogP contribution is -2.50. The monoisotopic (exact) mass is 224 g/mol. The van der Waals surface area contributed by atoms with E-state index in [4.69, 9.17) is 10.2 Å². The number of hydrogen-bond acceptors (Lipinski definition) is 4. The zero-order valence-corrected chi connectivity index (χ0v) is 9.10. The van der Waals surface area contributed by atoms with Crippen LogP contribution in [0.4, 0.5) is 0 Å². The van der Waals surface area contributed by atoms with Gasteiger partial charge >= 0.3 is 5.97 Å². The fourth-order valence-electron chi connectivity index (χ4n) is 0.821. The fraction of sp³-hybridized carbons (Fsp3) is 0.857. The Bertz CT molecular complexity index is 301. The van der Waals surface area contributed by atoms with E-state index < -0.39 is 21.5 Å². The third-order valence-corrected chi connectivity index (χ3v) is 2.85. The third kappa shape index (κ3) is 4.54. The van der Waals surface area contributed by atoms with Crippen molar-refractivity contribution in [3.63, 3.8) is 0 Å². The first-order chi connectivity index (χ1) is 6.21. The second-order valence-electron chi connectivity index (χ2n) is 3.28. The maximum absolute atomic E-state index is 10.8. The first-order valence-electron chi connectivity index (χ1n) is 4.20. The summed E-state index contributed by atoms with van der Waals surface area (Å²) >= 11 is 0.